The van der Waals surface area contributed by atoms with Gasteiger partial charge in [0.2, 0.25) is 5.67 Å². The molecule has 2 rings (SSSR count). The predicted octanol–water partition coefficient (Wildman–Crippen LogP) is -1.05. The number of alkyl halides is 1. The van der Waals surface area contributed by atoms with Crippen LogP contribution >= 0.6 is 0 Å². The van der Waals surface area contributed by atoms with Crippen molar-refractivity contribution < 1.29 is 23.7 Å². The predicted molar refractivity (Wildman–Crippen MR) is 67.2 cm³/mol. The van der Waals surface area contributed by atoms with Gasteiger partial charge in [0.25, 0.3) is 0 Å². The first-order chi connectivity index (χ1) is 9.85. The smallest absolute Gasteiger partial charge is 0.351 e. The first-order valence-corrected chi connectivity index (χ1v) is 5.96. The zero-order valence-electron chi connectivity index (χ0n) is 11.0. The molecule has 1 aromatic rings. The molecule has 2 unspecified atom stereocenters. The van der Waals surface area contributed by atoms with Gasteiger partial charge < -0.3 is 20.7 Å². The molecular formula is C12H13F2N3O4. The van der Waals surface area contributed by atoms with Crippen LogP contribution in [0.2, 0.25) is 0 Å². The Balaban J connectivity index is 2.58. The van der Waals surface area contributed by atoms with E-state index >= 15 is 0 Å². The van der Waals surface area contributed by atoms with Gasteiger partial charge in [-0.3, -0.25) is 4.57 Å². The molecule has 1 aromatic heterocycles. The topological polar surface area (TPSA) is 111 Å². The van der Waals surface area contributed by atoms with Crippen LogP contribution in [0.4, 0.5) is 14.6 Å². The van der Waals surface area contributed by atoms with Crippen LogP contribution in [0.15, 0.2) is 11.0 Å². The minimum absolute atomic E-state index is 0.509. The average Bonchev–Trinajstić information content (AvgIpc) is 2.67. The van der Waals surface area contributed by atoms with Crippen LogP contribution in [0.1, 0.15) is 13.2 Å². The van der Waals surface area contributed by atoms with E-state index in [1.54, 1.807) is 0 Å². The van der Waals surface area contributed by atoms with Gasteiger partial charge in [0.1, 0.15) is 12.2 Å². The third-order valence-corrected chi connectivity index (χ3v) is 3.13. The SMILES string of the molecule is CC#CC1(F)C(O)[C@@H](CO)O[C@H]1n1cc(F)c(N)nc1=O. The van der Waals surface area contributed by atoms with Crippen LogP contribution in [0.5, 0.6) is 0 Å². The summed E-state index contributed by atoms with van der Waals surface area (Å²) >= 11 is 0. The third-order valence-electron chi connectivity index (χ3n) is 3.13. The van der Waals surface area contributed by atoms with Crippen molar-refractivity contribution in [3.8, 4) is 11.8 Å². The molecular weight excluding hydrogens is 288 g/mol. The molecule has 4 N–H and O–H groups in total. The van der Waals surface area contributed by atoms with E-state index in [2.05, 4.69) is 16.8 Å². The number of anilines is 1. The van der Waals surface area contributed by atoms with Gasteiger partial charge in [-0.15, -0.1) is 5.92 Å². The summed E-state index contributed by atoms with van der Waals surface area (Å²) in [5, 5.41) is 18.9. The lowest BCUT2D eigenvalue weighted by Crippen LogP contribution is -2.44. The minimum atomic E-state index is -2.70. The monoisotopic (exact) mass is 301 g/mol. The van der Waals surface area contributed by atoms with Crippen LogP contribution in [-0.4, -0.2) is 44.2 Å². The van der Waals surface area contributed by atoms with E-state index in [0.717, 1.165) is 0 Å². The Labute approximate surface area is 118 Å². The highest BCUT2D eigenvalue weighted by molar-refractivity contribution is 5.28. The van der Waals surface area contributed by atoms with Gasteiger partial charge in [-0.05, 0) is 6.92 Å². The Morgan fingerprint density at radius 1 is 1.67 bits per heavy atom. The molecule has 4 atom stereocenters. The van der Waals surface area contributed by atoms with Crippen molar-refractivity contribution in [2.75, 3.05) is 12.3 Å². The zero-order chi connectivity index (χ0) is 15.8. The standard InChI is InChI=1S/C12H13F2N3O4/c1-2-3-12(14)8(19)7(5-18)21-10(12)17-4-6(13)9(15)16-11(17)20/h4,7-8,10,18-19H,5H2,1H3,(H2,15,16,20)/t7-,8?,10-,12?/m1/s1. The quantitative estimate of drug-likeness (QED) is 0.601. The lowest BCUT2D eigenvalue weighted by molar-refractivity contribution is -0.0546. The Morgan fingerprint density at radius 3 is 2.90 bits per heavy atom. The lowest BCUT2D eigenvalue weighted by atomic mass is 9.96. The van der Waals surface area contributed by atoms with Crippen LogP contribution in [-0.2, 0) is 4.74 Å². The molecule has 0 amide bonds. The number of hydrogen-bond donors (Lipinski definition) is 3. The second-order valence-corrected chi connectivity index (χ2v) is 4.46. The second kappa shape index (κ2) is 5.40. The van der Waals surface area contributed by atoms with E-state index in [9.17, 15) is 18.7 Å². The maximum absolute atomic E-state index is 14.9. The molecule has 0 bridgehead atoms. The number of rotatable bonds is 2. The van der Waals surface area contributed by atoms with Gasteiger partial charge in [-0.25, -0.2) is 13.6 Å². The van der Waals surface area contributed by atoms with E-state index in [4.69, 9.17) is 15.6 Å². The van der Waals surface area contributed by atoms with Gasteiger partial charge in [-0.1, -0.05) is 5.92 Å². The third kappa shape index (κ3) is 2.37. The summed E-state index contributed by atoms with van der Waals surface area (Å²) in [6.07, 6.45) is -4.26. The molecule has 21 heavy (non-hydrogen) atoms. The van der Waals surface area contributed by atoms with Gasteiger partial charge in [0, 0.05) is 0 Å². The highest BCUT2D eigenvalue weighted by Gasteiger charge is 2.57. The van der Waals surface area contributed by atoms with Crippen molar-refractivity contribution in [3.05, 3.63) is 22.5 Å². The first-order valence-electron chi connectivity index (χ1n) is 5.96. The Bertz CT molecular complexity index is 669. The van der Waals surface area contributed by atoms with Crippen LogP contribution in [0.3, 0.4) is 0 Å². The summed E-state index contributed by atoms with van der Waals surface area (Å²) in [5.74, 6) is 2.68. The maximum atomic E-state index is 14.9. The fraction of sp³-hybridized carbons (Fsp3) is 0.500. The molecule has 1 fully saturated rings. The number of halogens is 2. The zero-order valence-corrected chi connectivity index (χ0v) is 11.0. The second-order valence-electron chi connectivity index (χ2n) is 4.46. The molecule has 114 valence electrons. The summed E-state index contributed by atoms with van der Waals surface area (Å²) in [6, 6.07) is 0. The number of aliphatic hydroxyl groups excluding tert-OH is 2. The van der Waals surface area contributed by atoms with Crippen LogP contribution < -0.4 is 11.4 Å². The fourth-order valence-corrected chi connectivity index (χ4v) is 2.12. The van der Waals surface area contributed by atoms with Gasteiger partial charge in [0.15, 0.2) is 17.9 Å². The van der Waals surface area contributed by atoms with Crippen molar-refractivity contribution in [1.29, 1.82) is 0 Å². The molecule has 0 saturated carbocycles. The van der Waals surface area contributed by atoms with E-state index < -0.39 is 48.0 Å². The Kier molecular flexibility index (Phi) is 3.95. The average molecular weight is 301 g/mol. The Hall–Kier alpha value is -2.02. The number of hydrogen-bond acceptors (Lipinski definition) is 6. The molecule has 0 radical (unpaired) electrons. The van der Waals surface area contributed by atoms with Crippen LogP contribution in [0.25, 0.3) is 0 Å². The summed E-state index contributed by atoms with van der Waals surface area (Å²) in [4.78, 5) is 14.9. The summed E-state index contributed by atoms with van der Waals surface area (Å²) in [7, 11) is 0. The number of ether oxygens (including phenoxy) is 1. The number of aromatic nitrogens is 2. The number of nitrogens with zero attached hydrogens (tertiary/aromatic N) is 2. The van der Waals surface area contributed by atoms with Gasteiger partial charge >= 0.3 is 5.69 Å². The molecule has 1 aliphatic heterocycles. The van der Waals surface area contributed by atoms with Gasteiger partial charge in [0.05, 0.1) is 12.8 Å². The van der Waals surface area contributed by atoms with Crippen molar-refractivity contribution in [2.45, 2.75) is 31.0 Å². The van der Waals surface area contributed by atoms with E-state index in [-0.39, 0.29) is 0 Å². The van der Waals surface area contributed by atoms with E-state index in [0.29, 0.717) is 10.8 Å². The molecule has 2 heterocycles. The largest absolute Gasteiger partial charge is 0.394 e. The fourth-order valence-electron chi connectivity index (χ4n) is 2.12. The Morgan fingerprint density at radius 2 is 2.33 bits per heavy atom. The molecule has 1 aliphatic rings. The molecule has 7 nitrogen and oxygen atoms in total. The van der Waals surface area contributed by atoms with Crippen molar-refractivity contribution in [3.63, 3.8) is 0 Å². The normalized spacial score (nSPS) is 31.8. The van der Waals surface area contributed by atoms with Crippen molar-refractivity contribution in [2.24, 2.45) is 0 Å². The number of nitrogen functional groups attached to an aromatic ring is 1. The molecule has 0 aliphatic carbocycles. The van der Waals surface area contributed by atoms with Crippen molar-refractivity contribution in [1.82, 2.24) is 9.55 Å². The van der Waals surface area contributed by atoms with E-state index in [1.807, 2.05) is 0 Å². The molecule has 9 heteroatoms. The maximum Gasteiger partial charge on any atom is 0.351 e. The highest BCUT2D eigenvalue weighted by atomic mass is 19.1. The van der Waals surface area contributed by atoms with Crippen LogP contribution in [0, 0.1) is 17.7 Å². The van der Waals surface area contributed by atoms with Gasteiger partial charge in [-0.2, -0.15) is 4.98 Å². The molecule has 1 saturated heterocycles. The summed E-state index contributed by atoms with van der Waals surface area (Å²) in [5.41, 5.74) is 1.38. The summed E-state index contributed by atoms with van der Waals surface area (Å²) in [6.45, 7) is 0.621. The lowest BCUT2D eigenvalue weighted by Gasteiger charge is -2.24. The van der Waals surface area contributed by atoms with Crippen molar-refractivity contribution >= 4 is 5.82 Å². The first kappa shape index (κ1) is 15.4. The highest BCUT2D eigenvalue weighted by Crippen LogP contribution is 2.40. The number of nitrogens with two attached hydrogens (primary N) is 1. The molecule has 0 spiro atoms. The minimum Gasteiger partial charge on any atom is -0.394 e. The molecule has 0 aromatic carbocycles. The summed E-state index contributed by atoms with van der Waals surface area (Å²) < 4.78 is 34.0. The van der Waals surface area contributed by atoms with E-state index in [1.165, 1.54) is 6.92 Å². The number of aliphatic hydroxyl groups is 2.